The van der Waals surface area contributed by atoms with Crippen molar-refractivity contribution in [2.75, 3.05) is 0 Å². The molecule has 62 valence electrons. The van der Waals surface area contributed by atoms with Gasteiger partial charge >= 0.3 is 0 Å². The molecule has 0 atom stereocenters. The zero-order valence-electron chi connectivity index (χ0n) is 6.57. The highest BCUT2D eigenvalue weighted by atomic mass is 32.1. The van der Waals surface area contributed by atoms with E-state index >= 15 is 0 Å². The lowest BCUT2D eigenvalue weighted by Gasteiger charge is -2.03. The van der Waals surface area contributed by atoms with Gasteiger partial charge in [-0.05, 0) is 13.8 Å². The van der Waals surface area contributed by atoms with E-state index in [2.05, 4.69) is 4.98 Å². The van der Waals surface area contributed by atoms with E-state index in [0.29, 0.717) is 5.19 Å². The molecule has 0 spiro atoms. The zero-order chi connectivity index (χ0) is 8.27. The third-order valence-electron chi connectivity index (χ3n) is 1.02. The maximum absolute atomic E-state index is 8.70. The van der Waals surface area contributed by atoms with Crippen molar-refractivity contribution in [3.8, 4) is 5.19 Å². The quantitative estimate of drug-likeness (QED) is 0.751. The second kappa shape index (κ2) is 3.69. The van der Waals surface area contributed by atoms with Crippen LogP contribution in [0.15, 0.2) is 6.20 Å². The van der Waals surface area contributed by atoms with Crippen LogP contribution in [0.1, 0.15) is 18.7 Å². The lowest BCUT2D eigenvalue weighted by Crippen LogP contribution is -2.04. The van der Waals surface area contributed by atoms with Crippen LogP contribution >= 0.6 is 11.3 Å². The SMILES string of the molecule is CC(C)Oc1ncc(CO)s1. The maximum atomic E-state index is 8.70. The van der Waals surface area contributed by atoms with Crippen molar-refractivity contribution in [3.63, 3.8) is 0 Å². The molecule has 0 radical (unpaired) electrons. The number of aromatic nitrogens is 1. The zero-order valence-corrected chi connectivity index (χ0v) is 7.39. The van der Waals surface area contributed by atoms with Gasteiger partial charge in [0.15, 0.2) is 0 Å². The molecule has 0 amide bonds. The lowest BCUT2D eigenvalue weighted by atomic mass is 10.5. The van der Waals surface area contributed by atoms with Gasteiger partial charge in [-0.1, -0.05) is 11.3 Å². The maximum Gasteiger partial charge on any atom is 0.273 e. The Hall–Kier alpha value is -0.610. The second-order valence-corrected chi connectivity index (χ2v) is 3.49. The van der Waals surface area contributed by atoms with Crippen LogP contribution in [0.5, 0.6) is 5.19 Å². The Morgan fingerprint density at radius 3 is 2.91 bits per heavy atom. The normalized spacial score (nSPS) is 10.5. The predicted octanol–water partition coefficient (Wildman–Crippen LogP) is 1.42. The third kappa shape index (κ3) is 2.48. The number of nitrogens with zero attached hydrogens (tertiary/aromatic N) is 1. The van der Waals surface area contributed by atoms with Crippen molar-refractivity contribution in [1.82, 2.24) is 4.98 Å². The van der Waals surface area contributed by atoms with Crippen molar-refractivity contribution in [1.29, 1.82) is 0 Å². The molecule has 1 N–H and O–H groups in total. The minimum atomic E-state index is 0.0408. The summed E-state index contributed by atoms with van der Waals surface area (Å²) >= 11 is 1.38. The average molecular weight is 173 g/mol. The fraction of sp³-hybridized carbons (Fsp3) is 0.571. The molecule has 0 fully saturated rings. The van der Waals surface area contributed by atoms with E-state index in [1.165, 1.54) is 11.3 Å². The van der Waals surface area contributed by atoms with Crippen LogP contribution in [0.3, 0.4) is 0 Å². The van der Waals surface area contributed by atoms with Crippen LogP contribution in [0.4, 0.5) is 0 Å². The molecule has 0 aliphatic rings. The van der Waals surface area contributed by atoms with E-state index in [-0.39, 0.29) is 12.7 Å². The van der Waals surface area contributed by atoms with Gasteiger partial charge in [-0.25, -0.2) is 4.98 Å². The highest BCUT2D eigenvalue weighted by Crippen LogP contribution is 2.20. The van der Waals surface area contributed by atoms with Gasteiger partial charge in [-0.15, -0.1) is 0 Å². The summed E-state index contributed by atoms with van der Waals surface area (Å²) in [7, 11) is 0. The Bertz CT molecular complexity index is 222. The topological polar surface area (TPSA) is 42.4 Å². The van der Waals surface area contributed by atoms with Gasteiger partial charge in [-0.3, -0.25) is 0 Å². The molecule has 11 heavy (non-hydrogen) atoms. The van der Waals surface area contributed by atoms with Crippen LogP contribution < -0.4 is 4.74 Å². The molecule has 4 heteroatoms. The van der Waals surface area contributed by atoms with Gasteiger partial charge in [0.05, 0.1) is 17.6 Å². The van der Waals surface area contributed by atoms with E-state index in [4.69, 9.17) is 9.84 Å². The average Bonchev–Trinajstić information content (AvgIpc) is 2.34. The van der Waals surface area contributed by atoms with Crippen molar-refractivity contribution in [2.45, 2.75) is 26.6 Å². The second-order valence-electron chi connectivity index (χ2n) is 2.42. The van der Waals surface area contributed by atoms with Crippen molar-refractivity contribution in [3.05, 3.63) is 11.1 Å². The minimum Gasteiger partial charge on any atom is -0.467 e. The van der Waals surface area contributed by atoms with Crippen molar-refractivity contribution in [2.24, 2.45) is 0 Å². The Morgan fingerprint density at radius 1 is 1.73 bits per heavy atom. The number of rotatable bonds is 3. The molecule has 0 saturated carbocycles. The molecule has 0 unspecified atom stereocenters. The largest absolute Gasteiger partial charge is 0.467 e. The molecule has 0 saturated heterocycles. The van der Waals surface area contributed by atoms with Crippen LogP contribution in [-0.2, 0) is 6.61 Å². The monoisotopic (exact) mass is 173 g/mol. The van der Waals surface area contributed by atoms with Crippen LogP contribution in [-0.4, -0.2) is 16.2 Å². The smallest absolute Gasteiger partial charge is 0.273 e. The Morgan fingerprint density at radius 2 is 2.45 bits per heavy atom. The van der Waals surface area contributed by atoms with Gasteiger partial charge in [0, 0.05) is 6.20 Å². The highest BCUT2D eigenvalue weighted by Gasteiger charge is 2.02. The first kappa shape index (κ1) is 8.49. The highest BCUT2D eigenvalue weighted by molar-refractivity contribution is 7.13. The third-order valence-corrected chi connectivity index (χ3v) is 1.90. The van der Waals surface area contributed by atoms with Gasteiger partial charge in [-0.2, -0.15) is 0 Å². The molecular formula is C7H11NO2S. The molecule has 0 bridgehead atoms. The first-order valence-electron chi connectivity index (χ1n) is 3.44. The summed E-state index contributed by atoms with van der Waals surface area (Å²) in [5.41, 5.74) is 0. The van der Waals surface area contributed by atoms with Gasteiger partial charge in [0.1, 0.15) is 0 Å². The van der Waals surface area contributed by atoms with Gasteiger partial charge in [0.25, 0.3) is 5.19 Å². The summed E-state index contributed by atoms with van der Waals surface area (Å²) in [6.07, 6.45) is 1.77. The molecule has 0 aromatic carbocycles. The molecule has 1 heterocycles. The Balaban J connectivity index is 2.58. The molecule has 3 nitrogen and oxygen atoms in total. The first-order valence-corrected chi connectivity index (χ1v) is 4.26. The first-order chi connectivity index (χ1) is 5.22. The number of hydrogen-bond donors (Lipinski definition) is 1. The number of aliphatic hydroxyl groups is 1. The van der Waals surface area contributed by atoms with Gasteiger partial charge < -0.3 is 9.84 Å². The molecule has 0 aliphatic heterocycles. The molecule has 0 aliphatic carbocycles. The summed E-state index contributed by atoms with van der Waals surface area (Å²) in [4.78, 5) is 4.80. The standard InChI is InChI=1S/C7H11NO2S/c1-5(2)10-7-8-3-6(4-9)11-7/h3,5,9H,4H2,1-2H3. The lowest BCUT2D eigenvalue weighted by molar-refractivity contribution is 0.241. The molecule has 1 aromatic heterocycles. The number of ether oxygens (including phenoxy) is 1. The number of aliphatic hydroxyl groups excluding tert-OH is 1. The Kier molecular flexibility index (Phi) is 2.84. The predicted molar refractivity (Wildman–Crippen MR) is 43.8 cm³/mol. The summed E-state index contributed by atoms with van der Waals surface area (Å²) in [6.45, 7) is 3.93. The minimum absolute atomic E-state index is 0.0408. The van der Waals surface area contributed by atoms with E-state index in [0.717, 1.165) is 4.88 Å². The van der Waals surface area contributed by atoms with Crippen LogP contribution in [0.2, 0.25) is 0 Å². The van der Waals surface area contributed by atoms with Crippen molar-refractivity contribution >= 4 is 11.3 Å². The Labute approximate surface area is 69.7 Å². The van der Waals surface area contributed by atoms with E-state index < -0.39 is 0 Å². The van der Waals surface area contributed by atoms with E-state index in [9.17, 15) is 0 Å². The van der Waals surface area contributed by atoms with Crippen LogP contribution in [0, 0.1) is 0 Å². The van der Waals surface area contributed by atoms with Crippen molar-refractivity contribution < 1.29 is 9.84 Å². The fourth-order valence-electron chi connectivity index (χ4n) is 0.619. The van der Waals surface area contributed by atoms with Gasteiger partial charge in [0.2, 0.25) is 0 Å². The summed E-state index contributed by atoms with van der Waals surface area (Å²) in [5.74, 6) is 0. The van der Waals surface area contributed by atoms with E-state index in [1.54, 1.807) is 6.20 Å². The number of hydrogen-bond acceptors (Lipinski definition) is 4. The van der Waals surface area contributed by atoms with E-state index in [1.807, 2.05) is 13.8 Å². The van der Waals surface area contributed by atoms with Crippen LogP contribution in [0.25, 0.3) is 0 Å². The summed E-state index contributed by atoms with van der Waals surface area (Å²) in [6, 6.07) is 0. The fourth-order valence-corrected chi connectivity index (χ4v) is 1.36. The summed E-state index contributed by atoms with van der Waals surface area (Å²) < 4.78 is 5.29. The molecule has 1 aromatic rings. The molecular weight excluding hydrogens is 162 g/mol. The molecule has 1 rings (SSSR count). The number of thiazole rings is 1. The summed E-state index contributed by atoms with van der Waals surface area (Å²) in [5, 5.41) is 9.33.